The topological polar surface area (TPSA) is 63.8 Å². The van der Waals surface area contributed by atoms with Crippen LogP contribution in [-0.4, -0.2) is 9.78 Å². The smallest absolute Gasteiger partial charge is 0.280 e. The van der Waals surface area contributed by atoms with Gasteiger partial charge < -0.3 is 5.73 Å². The van der Waals surface area contributed by atoms with E-state index in [1.807, 2.05) is 0 Å². The first-order valence-corrected chi connectivity index (χ1v) is 3.59. The monoisotopic (exact) mass is 205 g/mol. The van der Waals surface area contributed by atoms with Crippen molar-refractivity contribution >= 4 is 15.9 Å². The summed E-state index contributed by atoms with van der Waals surface area (Å²) in [5, 5.41) is 2.79. The second-order valence-corrected chi connectivity index (χ2v) is 2.77. The summed E-state index contributed by atoms with van der Waals surface area (Å²) in [6, 6.07) is 0. The molecule has 1 rings (SSSR count). The third-order valence-corrected chi connectivity index (χ3v) is 2.08. The first-order valence-electron chi connectivity index (χ1n) is 2.80. The van der Waals surface area contributed by atoms with E-state index in [0.717, 1.165) is 5.69 Å². The highest BCUT2D eigenvalue weighted by Crippen LogP contribution is 2.06. The SMILES string of the molecule is Cn1[nH]c(CN)c(Br)c1=O. The first kappa shape index (κ1) is 7.56. The fourth-order valence-electron chi connectivity index (χ4n) is 0.714. The van der Waals surface area contributed by atoms with Crippen molar-refractivity contribution in [1.82, 2.24) is 9.78 Å². The van der Waals surface area contributed by atoms with Crippen LogP contribution in [0.1, 0.15) is 5.69 Å². The number of nitrogens with two attached hydrogens (primary N) is 1. The molecule has 1 heterocycles. The van der Waals surface area contributed by atoms with E-state index in [-0.39, 0.29) is 5.56 Å². The molecule has 3 N–H and O–H groups in total. The highest BCUT2D eigenvalue weighted by molar-refractivity contribution is 9.10. The van der Waals surface area contributed by atoms with Crippen molar-refractivity contribution in [3.05, 3.63) is 20.5 Å². The standard InChI is InChI=1S/C5H8BrN3O/c1-9-5(10)4(6)3(2-7)8-9/h8H,2,7H2,1H3. The maximum absolute atomic E-state index is 11.0. The molecule has 1 aromatic heterocycles. The lowest BCUT2D eigenvalue weighted by atomic mass is 10.4. The lowest BCUT2D eigenvalue weighted by Crippen LogP contribution is -2.11. The van der Waals surface area contributed by atoms with E-state index in [9.17, 15) is 4.79 Å². The number of nitrogens with one attached hydrogen (secondary N) is 1. The zero-order valence-electron chi connectivity index (χ0n) is 5.52. The molecular weight excluding hydrogens is 198 g/mol. The molecule has 0 aliphatic heterocycles. The van der Waals surface area contributed by atoms with Gasteiger partial charge in [0.15, 0.2) is 0 Å². The zero-order valence-corrected chi connectivity index (χ0v) is 7.10. The molecule has 0 unspecified atom stereocenters. The fourth-order valence-corrected chi connectivity index (χ4v) is 1.23. The minimum atomic E-state index is -0.0829. The number of rotatable bonds is 1. The summed E-state index contributed by atoms with van der Waals surface area (Å²) >= 11 is 3.12. The predicted octanol–water partition coefficient (Wildman–Crippen LogP) is -0.0654. The van der Waals surface area contributed by atoms with Gasteiger partial charge in [0.1, 0.15) is 4.47 Å². The van der Waals surface area contributed by atoms with E-state index in [2.05, 4.69) is 21.0 Å². The van der Waals surface area contributed by atoms with Gasteiger partial charge in [0.25, 0.3) is 5.56 Å². The molecule has 5 heteroatoms. The number of hydrogen-bond acceptors (Lipinski definition) is 2. The van der Waals surface area contributed by atoms with Crippen molar-refractivity contribution in [1.29, 1.82) is 0 Å². The molecule has 0 saturated heterocycles. The summed E-state index contributed by atoms with van der Waals surface area (Å²) in [4.78, 5) is 11.0. The van der Waals surface area contributed by atoms with Crippen LogP contribution in [0.2, 0.25) is 0 Å². The highest BCUT2D eigenvalue weighted by atomic mass is 79.9. The molecule has 0 aliphatic carbocycles. The van der Waals surface area contributed by atoms with Gasteiger partial charge in [0, 0.05) is 13.6 Å². The summed E-state index contributed by atoms with van der Waals surface area (Å²) in [5.41, 5.74) is 5.97. The zero-order chi connectivity index (χ0) is 7.72. The predicted molar refractivity (Wildman–Crippen MR) is 41.6 cm³/mol. The maximum Gasteiger partial charge on any atom is 0.280 e. The molecule has 0 radical (unpaired) electrons. The van der Waals surface area contributed by atoms with E-state index in [4.69, 9.17) is 5.73 Å². The van der Waals surface area contributed by atoms with Gasteiger partial charge in [-0.2, -0.15) is 0 Å². The lowest BCUT2D eigenvalue weighted by Gasteiger charge is -1.88. The van der Waals surface area contributed by atoms with Crippen LogP contribution in [0.5, 0.6) is 0 Å². The Morgan fingerprint density at radius 2 is 2.40 bits per heavy atom. The van der Waals surface area contributed by atoms with Gasteiger partial charge in [-0.05, 0) is 15.9 Å². The third-order valence-electron chi connectivity index (χ3n) is 1.26. The summed E-state index contributed by atoms with van der Waals surface area (Å²) in [6.07, 6.45) is 0. The lowest BCUT2D eigenvalue weighted by molar-refractivity contribution is 0.720. The van der Waals surface area contributed by atoms with Crippen LogP contribution in [0.15, 0.2) is 9.27 Å². The first-order chi connectivity index (χ1) is 4.66. The van der Waals surface area contributed by atoms with Crippen LogP contribution < -0.4 is 11.3 Å². The van der Waals surface area contributed by atoms with Crippen molar-refractivity contribution in [2.24, 2.45) is 12.8 Å². The van der Waals surface area contributed by atoms with E-state index in [1.165, 1.54) is 4.68 Å². The van der Waals surface area contributed by atoms with Crippen LogP contribution in [0.3, 0.4) is 0 Å². The second kappa shape index (κ2) is 2.59. The molecule has 0 aliphatic rings. The molecule has 0 saturated carbocycles. The average molecular weight is 206 g/mol. The van der Waals surface area contributed by atoms with E-state index >= 15 is 0 Å². The van der Waals surface area contributed by atoms with Gasteiger partial charge in [0.05, 0.1) is 5.69 Å². The van der Waals surface area contributed by atoms with Crippen molar-refractivity contribution in [3.63, 3.8) is 0 Å². The van der Waals surface area contributed by atoms with Gasteiger partial charge >= 0.3 is 0 Å². The molecule has 0 fully saturated rings. The summed E-state index contributed by atoms with van der Waals surface area (Å²) < 4.78 is 1.91. The van der Waals surface area contributed by atoms with Crippen LogP contribution in [-0.2, 0) is 13.6 Å². The normalized spacial score (nSPS) is 10.3. The molecule has 0 amide bonds. The van der Waals surface area contributed by atoms with Crippen molar-refractivity contribution in [2.45, 2.75) is 6.54 Å². The number of hydrogen-bond donors (Lipinski definition) is 2. The Balaban J connectivity index is 3.31. The van der Waals surface area contributed by atoms with Crippen molar-refractivity contribution in [3.8, 4) is 0 Å². The minimum Gasteiger partial charge on any atom is -0.325 e. The van der Waals surface area contributed by atoms with Gasteiger partial charge in [0.2, 0.25) is 0 Å². The van der Waals surface area contributed by atoms with Crippen LogP contribution >= 0.6 is 15.9 Å². The quantitative estimate of drug-likeness (QED) is 0.675. The fraction of sp³-hybridized carbons (Fsp3) is 0.400. The molecule has 0 bridgehead atoms. The van der Waals surface area contributed by atoms with Gasteiger partial charge in [-0.25, -0.2) is 0 Å². The number of aryl methyl sites for hydroxylation is 1. The Kier molecular flexibility index (Phi) is 1.96. The Hall–Kier alpha value is -0.550. The molecule has 56 valence electrons. The Morgan fingerprint density at radius 1 is 1.80 bits per heavy atom. The molecule has 1 aromatic rings. The Labute approximate surface area is 66.1 Å². The maximum atomic E-state index is 11.0. The molecule has 0 spiro atoms. The van der Waals surface area contributed by atoms with Gasteiger partial charge in [-0.1, -0.05) is 0 Å². The van der Waals surface area contributed by atoms with E-state index < -0.39 is 0 Å². The third kappa shape index (κ3) is 1.02. The van der Waals surface area contributed by atoms with E-state index in [0.29, 0.717) is 11.0 Å². The largest absolute Gasteiger partial charge is 0.325 e. The van der Waals surface area contributed by atoms with Crippen molar-refractivity contribution in [2.75, 3.05) is 0 Å². The van der Waals surface area contributed by atoms with Crippen LogP contribution in [0.25, 0.3) is 0 Å². The van der Waals surface area contributed by atoms with Gasteiger partial charge in [-0.15, -0.1) is 0 Å². The summed E-state index contributed by atoms with van der Waals surface area (Å²) in [6.45, 7) is 0.344. The number of aromatic nitrogens is 2. The Bertz CT molecular complexity index is 288. The average Bonchev–Trinajstić information content (AvgIpc) is 2.17. The summed E-state index contributed by atoms with van der Waals surface area (Å²) in [7, 11) is 1.65. The molecule has 0 aromatic carbocycles. The highest BCUT2D eigenvalue weighted by Gasteiger charge is 2.05. The Morgan fingerprint density at radius 3 is 2.60 bits per heavy atom. The van der Waals surface area contributed by atoms with Crippen LogP contribution in [0, 0.1) is 0 Å². The van der Waals surface area contributed by atoms with Crippen LogP contribution in [0.4, 0.5) is 0 Å². The molecule has 0 atom stereocenters. The summed E-state index contributed by atoms with van der Waals surface area (Å²) in [5.74, 6) is 0. The van der Waals surface area contributed by atoms with E-state index in [1.54, 1.807) is 7.05 Å². The number of aromatic amines is 1. The van der Waals surface area contributed by atoms with Crippen molar-refractivity contribution < 1.29 is 0 Å². The minimum absolute atomic E-state index is 0.0829. The molecule has 4 nitrogen and oxygen atoms in total. The number of nitrogens with zero attached hydrogens (tertiary/aromatic N) is 1. The van der Waals surface area contributed by atoms with Gasteiger partial charge in [-0.3, -0.25) is 14.6 Å². The molecular formula is C5H8BrN3O. The number of halogens is 1. The number of H-pyrrole nitrogens is 1. The molecule has 10 heavy (non-hydrogen) atoms. The second-order valence-electron chi connectivity index (χ2n) is 1.97.